The Balaban J connectivity index is 2.08. The van der Waals surface area contributed by atoms with Crippen LogP contribution in [0.15, 0.2) is 71.6 Å². The monoisotopic (exact) mass is 297 g/mol. The van der Waals surface area contributed by atoms with Crippen molar-refractivity contribution in [2.45, 2.75) is 11.8 Å². The van der Waals surface area contributed by atoms with Crippen molar-refractivity contribution < 1.29 is 8.42 Å². The van der Waals surface area contributed by atoms with Crippen molar-refractivity contribution in [2.24, 2.45) is 0 Å². The minimum absolute atomic E-state index is 0.304. The van der Waals surface area contributed by atoms with Crippen LogP contribution >= 0.6 is 0 Å². The quantitative estimate of drug-likeness (QED) is 0.795. The highest BCUT2D eigenvalue weighted by molar-refractivity contribution is 7.92. The van der Waals surface area contributed by atoms with E-state index >= 15 is 0 Å². The maximum absolute atomic E-state index is 12.6. The van der Waals surface area contributed by atoms with Gasteiger partial charge in [0, 0.05) is 5.39 Å². The first-order valence-electron chi connectivity index (χ1n) is 6.64. The van der Waals surface area contributed by atoms with Gasteiger partial charge in [-0.3, -0.25) is 4.72 Å². The van der Waals surface area contributed by atoms with Crippen LogP contribution in [-0.4, -0.2) is 8.42 Å². The molecule has 0 radical (unpaired) electrons. The molecule has 0 bridgehead atoms. The van der Waals surface area contributed by atoms with Crippen LogP contribution < -0.4 is 4.72 Å². The molecule has 0 saturated heterocycles. The number of aryl methyl sites for hydroxylation is 1. The van der Waals surface area contributed by atoms with Crippen molar-refractivity contribution >= 4 is 26.5 Å². The Morgan fingerprint density at radius 1 is 0.810 bits per heavy atom. The average molecular weight is 297 g/mol. The number of fused-ring (bicyclic) bond motifs is 1. The summed E-state index contributed by atoms with van der Waals surface area (Å²) in [6.07, 6.45) is 0. The Labute approximate surface area is 124 Å². The first-order valence-corrected chi connectivity index (χ1v) is 8.12. The van der Waals surface area contributed by atoms with Crippen LogP contribution in [-0.2, 0) is 10.0 Å². The molecule has 0 aromatic heterocycles. The Morgan fingerprint density at radius 3 is 2.29 bits per heavy atom. The minimum atomic E-state index is -3.59. The average Bonchev–Trinajstić information content (AvgIpc) is 2.47. The number of benzene rings is 3. The molecule has 3 aromatic rings. The molecule has 0 heterocycles. The summed E-state index contributed by atoms with van der Waals surface area (Å²) in [5.41, 5.74) is 1.32. The third-order valence-corrected chi connectivity index (χ3v) is 4.94. The number of hydrogen-bond acceptors (Lipinski definition) is 2. The SMILES string of the molecule is Cc1ccccc1S(=O)(=O)Nc1cccc2ccccc12. The summed E-state index contributed by atoms with van der Waals surface area (Å²) in [5, 5.41) is 1.89. The topological polar surface area (TPSA) is 46.2 Å². The first kappa shape index (κ1) is 13.6. The summed E-state index contributed by atoms with van der Waals surface area (Å²) in [6.45, 7) is 1.79. The molecule has 0 unspecified atom stereocenters. The van der Waals surface area contributed by atoms with E-state index in [0.29, 0.717) is 10.6 Å². The molecule has 0 spiro atoms. The van der Waals surface area contributed by atoms with Gasteiger partial charge in [0.2, 0.25) is 0 Å². The highest BCUT2D eigenvalue weighted by Crippen LogP contribution is 2.26. The molecule has 0 aliphatic carbocycles. The molecule has 0 amide bonds. The van der Waals surface area contributed by atoms with Gasteiger partial charge in [-0.05, 0) is 30.0 Å². The Kier molecular flexibility index (Phi) is 3.39. The second kappa shape index (κ2) is 5.22. The number of nitrogens with one attached hydrogen (secondary N) is 1. The highest BCUT2D eigenvalue weighted by atomic mass is 32.2. The normalized spacial score (nSPS) is 11.5. The van der Waals surface area contributed by atoms with E-state index in [1.807, 2.05) is 42.5 Å². The number of rotatable bonds is 3. The van der Waals surface area contributed by atoms with Crippen molar-refractivity contribution in [1.82, 2.24) is 0 Å². The van der Waals surface area contributed by atoms with Crippen molar-refractivity contribution in [3.05, 3.63) is 72.3 Å². The maximum Gasteiger partial charge on any atom is 0.262 e. The maximum atomic E-state index is 12.6. The van der Waals surface area contributed by atoms with Crippen LogP contribution in [0.1, 0.15) is 5.56 Å². The molecule has 21 heavy (non-hydrogen) atoms. The Hall–Kier alpha value is -2.33. The van der Waals surface area contributed by atoms with E-state index in [0.717, 1.165) is 16.3 Å². The van der Waals surface area contributed by atoms with Gasteiger partial charge in [0.25, 0.3) is 10.0 Å². The van der Waals surface area contributed by atoms with E-state index in [2.05, 4.69) is 4.72 Å². The van der Waals surface area contributed by atoms with Crippen LogP contribution in [0.2, 0.25) is 0 Å². The lowest BCUT2D eigenvalue weighted by Crippen LogP contribution is -2.14. The molecule has 3 aromatic carbocycles. The van der Waals surface area contributed by atoms with E-state index in [-0.39, 0.29) is 0 Å². The summed E-state index contributed by atoms with van der Waals surface area (Å²) in [7, 11) is -3.59. The van der Waals surface area contributed by atoms with Crippen LogP contribution in [0.5, 0.6) is 0 Å². The van der Waals surface area contributed by atoms with Crippen LogP contribution in [0.25, 0.3) is 10.8 Å². The smallest absolute Gasteiger partial charge is 0.262 e. The van der Waals surface area contributed by atoms with Gasteiger partial charge < -0.3 is 0 Å². The number of sulfonamides is 1. The molecule has 106 valence electrons. The Bertz CT molecular complexity index is 896. The predicted molar refractivity (Wildman–Crippen MR) is 85.9 cm³/mol. The largest absolute Gasteiger partial charge is 0.279 e. The van der Waals surface area contributed by atoms with Gasteiger partial charge in [-0.2, -0.15) is 0 Å². The van der Waals surface area contributed by atoms with Gasteiger partial charge in [-0.25, -0.2) is 8.42 Å². The van der Waals surface area contributed by atoms with Crippen LogP contribution in [0.4, 0.5) is 5.69 Å². The lowest BCUT2D eigenvalue weighted by Gasteiger charge is -2.12. The van der Waals surface area contributed by atoms with Crippen molar-refractivity contribution in [3.63, 3.8) is 0 Å². The molecule has 3 rings (SSSR count). The fourth-order valence-corrected chi connectivity index (χ4v) is 3.70. The van der Waals surface area contributed by atoms with Gasteiger partial charge in [-0.1, -0.05) is 54.6 Å². The second-order valence-corrected chi connectivity index (χ2v) is 6.55. The molecule has 3 nitrogen and oxygen atoms in total. The van der Waals surface area contributed by atoms with E-state index in [4.69, 9.17) is 0 Å². The molecule has 0 aliphatic heterocycles. The zero-order chi connectivity index (χ0) is 14.9. The van der Waals surface area contributed by atoms with Crippen molar-refractivity contribution in [2.75, 3.05) is 4.72 Å². The first-order chi connectivity index (χ1) is 10.1. The molecular weight excluding hydrogens is 282 g/mol. The molecule has 4 heteroatoms. The lowest BCUT2D eigenvalue weighted by molar-refractivity contribution is 0.600. The molecule has 0 atom stereocenters. The molecule has 0 aliphatic rings. The second-order valence-electron chi connectivity index (χ2n) is 4.90. The van der Waals surface area contributed by atoms with Crippen molar-refractivity contribution in [3.8, 4) is 0 Å². The standard InChI is InChI=1S/C17H15NO2S/c1-13-7-2-5-12-17(13)21(19,20)18-16-11-6-9-14-8-3-4-10-15(14)16/h2-12,18H,1H3. The van der Waals surface area contributed by atoms with Crippen LogP contribution in [0, 0.1) is 6.92 Å². The van der Waals surface area contributed by atoms with Gasteiger partial charge in [0.15, 0.2) is 0 Å². The highest BCUT2D eigenvalue weighted by Gasteiger charge is 2.17. The van der Waals surface area contributed by atoms with E-state index in [1.54, 1.807) is 31.2 Å². The van der Waals surface area contributed by atoms with Crippen molar-refractivity contribution in [1.29, 1.82) is 0 Å². The lowest BCUT2D eigenvalue weighted by atomic mass is 10.1. The summed E-state index contributed by atoms with van der Waals surface area (Å²) >= 11 is 0. The zero-order valence-corrected chi connectivity index (χ0v) is 12.4. The molecule has 1 N–H and O–H groups in total. The Morgan fingerprint density at radius 2 is 1.48 bits per heavy atom. The summed E-state index contributed by atoms with van der Waals surface area (Å²) in [4.78, 5) is 0.304. The van der Waals surface area contributed by atoms with E-state index in [1.165, 1.54) is 0 Å². The summed E-state index contributed by atoms with van der Waals surface area (Å²) < 4.78 is 27.8. The van der Waals surface area contributed by atoms with Crippen LogP contribution in [0.3, 0.4) is 0 Å². The van der Waals surface area contributed by atoms with E-state index < -0.39 is 10.0 Å². The zero-order valence-electron chi connectivity index (χ0n) is 11.6. The number of anilines is 1. The van der Waals surface area contributed by atoms with Gasteiger partial charge >= 0.3 is 0 Å². The molecule has 0 saturated carbocycles. The fraction of sp³-hybridized carbons (Fsp3) is 0.0588. The third-order valence-electron chi connectivity index (χ3n) is 3.42. The predicted octanol–water partition coefficient (Wildman–Crippen LogP) is 3.95. The van der Waals surface area contributed by atoms with Gasteiger partial charge in [0.1, 0.15) is 0 Å². The van der Waals surface area contributed by atoms with Gasteiger partial charge in [0.05, 0.1) is 10.6 Å². The third kappa shape index (κ3) is 2.62. The van der Waals surface area contributed by atoms with E-state index in [9.17, 15) is 8.42 Å². The summed E-state index contributed by atoms with van der Waals surface area (Å²) in [5.74, 6) is 0. The molecular formula is C17H15NO2S. The summed E-state index contributed by atoms with van der Waals surface area (Å²) in [6, 6.07) is 20.2. The minimum Gasteiger partial charge on any atom is -0.279 e. The van der Waals surface area contributed by atoms with Gasteiger partial charge in [-0.15, -0.1) is 0 Å². The fourth-order valence-electron chi connectivity index (χ4n) is 2.37. The molecule has 0 fully saturated rings. The number of hydrogen-bond donors (Lipinski definition) is 1.